The first-order valence-corrected chi connectivity index (χ1v) is 10.9. The van der Waals surface area contributed by atoms with Crippen LogP contribution in [0.3, 0.4) is 0 Å². The lowest BCUT2D eigenvalue weighted by atomic mass is 9.97. The molecule has 0 aromatic carbocycles. The second kappa shape index (κ2) is 9.32. The molecular formula is C23H28FN5O. The molecule has 1 N–H and O–H groups in total. The van der Waals surface area contributed by atoms with Crippen LogP contribution in [0.5, 0.6) is 0 Å². The minimum atomic E-state index is -0.387. The lowest BCUT2D eigenvalue weighted by Crippen LogP contribution is -2.49. The number of fused-ring (bicyclic) bond motifs is 1. The molecule has 158 valence electrons. The topological polar surface area (TPSA) is 71.0 Å². The molecule has 0 bridgehead atoms. The summed E-state index contributed by atoms with van der Waals surface area (Å²) in [7, 11) is 0. The first kappa shape index (κ1) is 20.4. The van der Waals surface area contributed by atoms with Gasteiger partial charge in [0.2, 0.25) is 0 Å². The van der Waals surface area contributed by atoms with Gasteiger partial charge in [0.05, 0.1) is 17.6 Å². The standard InChI is InChI=1S/C23H28FN5O/c1-2-12-26-23(30)29-14-4-3-6-16(29)8-10-21-19(24)15-27-22(28-21)18-9-11-20-17(18)7-5-13-25-20/h5,7,9,13,15-16H,2-4,6,8,10-12,14H2,1H3,(H,26,30)/t16-/m1/s1. The molecule has 2 aliphatic rings. The summed E-state index contributed by atoms with van der Waals surface area (Å²) >= 11 is 0. The third kappa shape index (κ3) is 4.35. The SMILES string of the molecule is CCCNC(=O)N1CCCC[C@@H]1CCc1nc(C2=CCc3ncccc32)ncc1F. The number of carbonyl (C=O) groups is 1. The summed E-state index contributed by atoms with van der Waals surface area (Å²) < 4.78 is 14.5. The quantitative estimate of drug-likeness (QED) is 0.785. The van der Waals surface area contributed by atoms with Gasteiger partial charge in [0.1, 0.15) is 0 Å². The van der Waals surface area contributed by atoms with Crippen molar-refractivity contribution < 1.29 is 9.18 Å². The first-order chi connectivity index (χ1) is 14.7. The fourth-order valence-electron chi connectivity index (χ4n) is 4.28. The molecule has 2 aromatic rings. The number of amides is 2. The molecule has 6 nitrogen and oxygen atoms in total. The van der Waals surface area contributed by atoms with Gasteiger partial charge in [-0.05, 0) is 44.6 Å². The molecule has 30 heavy (non-hydrogen) atoms. The summed E-state index contributed by atoms with van der Waals surface area (Å²) in [5, 5.41) is 2.97. The first-order valence-electron chi connectivity index (χ1n) is 10.9. The van der Waals surface area contributed by atoms with E-state index in [-0.39, 0.29) is 17.9 Å². The molecule has 7 heteroatoms. The maximum Gasteiger partial charge on any atom is 0.317 e. The summed E-state index contributed by atoms with van der Waals surface area (Å²) in [6.45, 7) is 3.48. The van der Waals surface area contributed by atoms with Gasteiger partial charge in [-0.15, -0.1) is 0 Å². The van der Waals surface area contributed by atoms with E-state index in [1.54, 1.807) is 6.20 Å². The highest BCUT2D eigenvalue weighted by Gasteiger charge is 2.27. The summed E-state index contributed by atoms with van der Waals surface area (Å²) in [5.41, 5.74) is 3.34. The average Bonchev–Trinajstić information content (AvgIpc) is 3.21. The van der Waals surface area contributed by atoms with E-state index < -0.39 is 0 Å². The van der Waals surface area contributed by atoms with Crippen LogP contribution < -0.4 is 5.32 Å². The molecule has 1 aliphatic carbocycles. The number of carbonyl (C=O) groups excluding carboxylic acids is 1. The van der Waals surface area contributed by atoms with Crippen molar-refractivity contribution in [1.29, 1.82) is 0 Å². The molecule has 2 aromatic heterocycles. The minimum Gasteiger partial charge on any atom is -0.338 e. The fourth-order valence-corrected chi connectivity index (χ4v) is 4.28. The normalized spacial score (nSPS) is 18.1. The zero-order valence-electron chi connectivity index (χ0n) is 17.4. The highest BCUT2D eigenvalue weighted by molar-refractivity contribution is 5.80. The van der Waals surface area contributed by atoms with Gasteiger partial charge in [-0.2, -0.15) is 0 Å². The van der Waals surface area contributed by atoms with Crippen LogP contribution in [0, 0.1) is 5.82 Å². The number of hydrogen-bond acceptors (Lipinski definition) is 4. The highest BCUT2D eigenvalue weighted by Crippen LogP contribution is 2.30. The Kier molecular flexibility index (Phi) is 6.35. The van der Waals surface area contributed by atoms with Crippen molar-refractivity contribution in [2.24, 2.45) is 0 Å². The Hall–Kier alpha value is -2.83. The van der Waals surface area contributed by atoms with Gasteiger partial charge in [-0.1, -0.05) is 19.1 Å². The van der Waals surface area contributed by atoms with E-state index in [1.807, 2.05) is 24.0 Å². The Morgan fingerprint density at radius 1 is 1.33 bits per heavy atom. The van der Waals surface area contributed by atoms with Crippen LogP contribution >= 0.6 is 0 Å². The lowest BCUT2D eigenvalue weighted by molar-refractivity contribution is 0.146. The number of nitrogens with one attached hydrogen (secondary N) is 1. The van der Waals surface area contributed by atoms with Gasteiger partial charge in [-0.25, -0.2) is 19.2 Å². The van der Waals surface area contributed by atoms with Crippen LogP contribution in [-0.4, -0.2) is 45.0 Å². The van der Waals surface area contributed by atoms with Crippen LogP contribution in [0.2, 0.25) is 0 Å². The van der Waals surface area contributed by atoms with Crippen LogP contribution in [-0.2, 0) is 12.8 Å². The summed E-state index contributed by atoms with van der Waals surface area (Å²) in [5.74, 6) is 0.154. The maximum absolute atomic E-state index is 14.5. The molecule has 0 unspecified atom stereocenters. The third-order valence-corrected chi connectivity index (χ3v) is 5.87. The Balaban J connectivity index is 1.47. The fraction of sp³-hybridized carbons (Fsp3) is 0.478. The van der Waals surface area contributed by atoms with E-state index in [9.17, 15) is 9.18 Å². The molecule has 0 spiro atoms. The van der Waals surface area contributed by atoms with Crippen molar-refractivity contribution in [3.8, 4) is 0 Å². The largest absolute Gasteiger partial charge is 0.338 e. The Labute approximate surface area is 176 Å². The van der Waals surface area contributed by atoms with E-state index >= 15 is 0 Å². The van der Waals surface area contributed by atoms with E-state index in [0.29, 0.717) is 30.9 Å². The van der Waals surface area contributed by atoms with Crippen molar-refractivity contribution in [1.82, 2.24) is 25.2 Å². The predicted molar refractivity (Wildman–Crippen MR) is 113 cm³/mol. The molecule has 2 amide bonds. The average molecular weight is 410 g/mol. The van der Waals surface area contributed by atoms with Gasteiger partial charge in [-0.3, -0.25) is 4.98 Å². The zero-order valence-corrected chi connectivity index (χ0v) is 17.4. The molecule has 0 saturated carbocycles. The zero-order chi connectivity index (χ0) is 20.9. The number of halogens is 1. The number of rotatable bonds is 6. The van der Waals surface area contributed by atoms with Crippen LogP contribution in [0.4, 0.5) is 9.18 Å². The number of urea groups is 1. The maximum atomic E-state index is 14.5. The molecule has 3 heterocycles. The number of aromatic nitrogens is 3. The van der Waals surface area contributed by atoms with Crippen molar-refractivity contribution in [3.05, 3.63) is 59.2 Å². The predicted octanol–water partition coefficient (Wildman–Crippen LogP) is 3.91. The molecule has 4 rings (SSSR count). The number of pyridine rings is 1. The number of hydrogen-bond donors (Lipinski definition) is 1. The van der Waals surface area contributed by atoms with E-state index in [4.69, 9.17) is 0 Å². The summed E-state index contributed by atoms with van der Waals surface area (Å²) in [4.78, 5) is 27.6. The Morgan fingerprint density at radius 2 is 2.23 bits per heavy atom. The second-order valence-electron chi connectivity index (χ2n) is 7.92. The van der Waals surface area contributed by atoms with Crippen LogP contribution in [0.1, 0.15) is 61.8 Å². The Morgan fingerprint density at radius 3 is 3.10 bits per heavy atom. The van der Waals surface area contributed by atoms with Crippen molar-refractivity contribution in [3.63, 3.8) is 0 Å². The molecule has 1 saturated heterocycles. The highest BCUT2D eigenvalue weighted by atomic mass is 19.1. The lowest BCUT2D eigenvalue weighted by Gasteiger charge is -2.35. The number of piperidine rings is 1. The number of aryl methyl sites for hydroxylation is 1. The Bertz CT molecular complexity index is 945. The number of likely N-dealkylation sites (tertiary alicyclic amines) is 1. The van der Waals surface area contributed by atoms with Crippen LogP contribution in [0.15, 0.2) is 30.6 Å². The van der Waals surface area contributed by atoms with E-state index in [2.05, 4.69) is 26.3 Å². The van der Waals surface area contributed by atoms with Gasteiger partial charge in [0.25, 0.3) is 0 Å². The number of allylic oxidation sites excluding steroid dienone is 1. The second-order valence-corrected chi connectivity index (χ2v) is 7.92. The molecule has 1 atom stereocenters. The minimum absolute atomic E-state index is 0.00869. The smallest absolute Gasteiger partial charge is 0.317 e. The number of nitrogens with zero attached hydrogens (tertiary/aromatic N) is 4. The van der Waals surface area contributed by atoms with Gasteiger partial charge in [0.15, 0.2) is 11.6 Å². The molecule has 0 radical (unpaired) electrons. The molecule has 1 aliphatic heterocycles. The van der Waals surface area contributed by atoms with Crippen molar-refractivity contribution >= 4 is 11.6 Å². The molecular weight excluding hydrogens is 381 g/mol. The van der Waals surface area contributed by atoms with Crippen molar-refractivity contribution in [2.45, 2.75) is 57.9 Å². The summed E-state index contributed by atoms with van der Waals surface area (Å²) in [6.07, 6.45) is 11.0. The third-order valence-electron chi connectivity index (χ3n) is 5.87. The van der Waals surface area contributed by atoms with Gasteiger partial charge >= 0.3 is 6.03 Å². The van der Waals surface area contributed by atoms with Crippen molar-refractivity contribution in [2.75, 3.05) is 13.1 Å². The van der Waals surface area contributed by atoms with E-state index in [1.165, 1.54) is 6.20 Å². The summed E-state index contributed by atoms with van der Waals surface area (Å²) in [6, 6.07) is 4.00. The monoisotopic (exact) mass is 409 g/mol. The van der Waals surface area contributed by atoms with Gasteiger partial charge in [0, 0.05) is 42.9 Å². The van der Waals surface area contributed by atoms with E-state index in [0.717, 1.165) is 55.5 Å². The molecule has 1 fully saturated rings. The van der Waals surface area contributed by atoms with Gasteiger partial charge < -0.3 is 10.2 Å². The van der Waals surface area contributed by atoms with Crippen LogP contribution in [0.25, 0.3) is 5.57 Å².